The van der Waals surface area contributed by atoms with Crippen LogP contribution in [0, 0.1) is 5.92 Å². The van der Waals surface area contributed by atoms with Gasteiger partial charge in [-0.2, -0.15) is 0 Å². The summed E-state index contributed by atoms with van der Waals surface area (Å²) in [6.07, 6.45) is 8.24. The third-order valence-electron chi connectivity index (χ3n) is 5.83. The number of fused-ring (bicyclic) bond motifs is 1. The minimum Gasteiger partial charge on any atom is -0.380 e. The molecule has 0 radical (unpaired) electrons. The van der Waals surface area contributed by atoms with E-state index in [1.165, 1.54) is 18.5 Å². The molecule has 4 heterocycles. The number of hydrogen-bond donors (Lipinski definition) is 0. The van der Waals surface area contributed by atoms with Crippen LogP contribution in [-0.4, -0.2) is 57.3 Å². The smallest absolute Gasteiger partial charge is 0.160 e. The van der Waals surface area contributed by atoms with Crippen molar-refractivity contribution in [1.29, 1.82) is 0 Å². The maximum atomic E-state index is 5.59. The molecule has 1 aliphatic heterocycles. The lowest BCUT2D eigenvalue weighted by atomic mass is 9.93. The molecule has 0 amide bonds. The van der Waals surface area contributed by atoms with Gasteiger partial charge in [-0.3, -0.25) is 4.98 Å². The van der Waals surface area contributed by atoms with Gasteiger partial charge in [-0.1, -0.05) is 6.07 Å². The van der Waals surface area contributed by atoms with Gasteiger partial charge in [0.15, 0.2) is 5.65 Å². The lowest BCUT2D eigenvalue weighted by molar-refractivity contribution is 0.138. The highest BCUT2D eigenvalue weighted by molar-refractivity contribution is 5.71. The van der Waals surface area contributed by atoms with Crippen molar-refractivity contribution in [2.75, 3.05) is 32.8 Å². The average molecular weight is 394 g/mol. The first-order valence-corrected chi connectivity index (χ1v) is 10.8. The second-order valence-electron chi connectivity index (χ2n) is 7.78. The molecular weight excluding hydrogens is 362 g/mol. The fourth-order valence-electron chi connectivity index (χ4n) is 4.19. The first kappa shape index (κ1) is 20.0. The van der Waals surface area contributed by atoms with Crippen molar-refractivity contribution in [2.24, 2.45) is 5.92 Å². The Morgan fingerprint density at radius 1 is 1.03 bits per heavy atom. The molecule has 6 heteroatoms. The predicted molar refractivity (Wildman–Crippen MR) is 115 cm³/mol. The lowest BCUT2D eigenvalue weighted by Crippen LogP contribution is -2.36. The van der Waals surface area contributed by atoms with Crippen LogP contribution in [0.25, 0.3) is 11.2 Å². The Bertz CT molecular complexity index is 887. The van der Waals surface area contributed by atoms with Crippen molar-refractivity contribution in [3.63, 3.8) is 0 Å². The van der Waals surface area contributed by atoms with E-state index < -0.39 is 0 Å². The number of hydrogen-bond acceptors (Lipinski definition) is 5. The van der Waals surface area contributed by atoms with E-state index in [1.807, 2.05) is 31.5 Å². The van der Waals surface area contributed by atoms with Crippen molar-refractivity contribution in [3.8, 4) is 0 Å². The van der Waals surface area contributed by atoms with E-state index in [1.54, 1.807) is 0 Å². The van der Waals surface area contributed by atoms with Crippen LogP contribution in [0.1, 0.15) is 31.3 Å². The minimum absolute atomic E-state index is 0.684. The molecule has 0 aromatic carbocycles. The number of rotatable bonds is 9. The Morgan fingerprint density at radius 2 is 1.90 bits per heavy atom. The van der Waals surface area contributed by atoms with Gasteiger partial charge in [-0.25, -0.2) is 9.97 Å². The number of nitrogens with zero attached hydrogens (tertiary/aromatic N) is 5. The summed E-state index contributed by atoms with van der Waals surface area (Å²) in [5.74, 6) is 1.84. The van der Waals surface area contributed by atoms with Gasteiger partial charge < -0.3 is 14.2 Å². The topological polar surface area (TPSA) is 56.1 Å². The Kier molecular flexibility index (Phi) is 6.85. The molecule has 3 aromatic heterocycles. The van der Waals surface area contributed by atoms with E-state index in [2.05, 4.69) is 37.6 Å². The summed E-state index contributed by atoms with van der Waals surface area (Å²) in [6, 6.07) is 10.2. The van der Waals surface area contributed by atoms with Crippen LogP contribution in [0.5, 0.6) is 0 Å². The SMILES string of the molecule is CCOCCn1c(CC2CCN(CCc3ccccn3)CC2)nc2cccnc21. The van der Waals surface area contributed by atoms with Crippen LogP contribution in [0.15, 0.2) is 42.7 Å². The third kappa shape index (κ3) is 5.19. The van der Waals surface area contributed by atoms with Crippen molar-refractivity contribution in [2.45, 2.75) is 39.2 Å². The molecule has 29 heavy (non-hydrogen) atoms. The zero-order chi connectivity index (χ0) is 19.9. The van der Waals surface area contributed by atoms with Crippen molar-refractivity contribution >= 4 is 11.2 Å². The van der Waals surface area contributed by atoms with Gasteiger partial charge in [-0.15, -0.1) is 0 Å². The fourth-order valence-corrected chi connectivity index (χ4v) is 4.19. The van der Waals surface area contributed by atoms with Crippen LogP contribution < -0.4 is 0 Å². The molecule has 0 saturated carbocycles. The molecule has 0 atom stereocenters. The van der Waals surface area contributed by atoms with Crippen molar-refractivity contribution in [3.05, 3.63) is 54.2 Å². The predicted octanol–water partition coefficient (Wildman–Crippen LogP) is 3.36. The second-order valence-corrected chi connectivity index (χ2v) is 7.78. The lowest BCUT2D eigenvalue weighted by Gasteiger charge is -2.31. The molecule has 4 rings (SSSR count). The zero-order valence-corrected chi connectivity index (χ0v) is 17.3. The number of likely N-dealkylation sites (tertiary alicyclic amines) is 1. The maximum absolute atomic E-state index is 5.59. The molecule has 1 fully saturated rings. The molecule has 154 valence electrons. The monoisotopic (exact) mass is 393 g/mol. The Hall–Kier alpha value is -2.31. The molecule has 1 saturated heterocycles. The average Bonchev–Trinajstić information content (AvgIpc) is 3.11. The molecule has 0 aliphatic carbocycles. The van der Waals surface area contributed by atoms with E-state index >= 15 is 0 Å². The van der Waals surface area contributed by atoms with Gasteiger partial charge in [0.25, 0.3) is 0 Å². The van der Waals surface area contributed by atoms with E-state index in [9.17, 15) is 0 Å². The van der Waals surface area contributed by atoms with E-state index in [4.69, 9.17) is 9.72 Å². The summed E-state index contributed by atoms with van der Waals surface area (Å²) < 4.78 is 7.85. The normalized spacial score (nSPS) is 15.9. The maximum Gasteiger partial charge on any atom is 0.160 e. The molecule has 3 aromatic rings. The first-order valence-electron chi connectivity index (χ1n) is 10.8. The number of aromatic nitrogens is 4. The van der Waals surface area contributed by atoms with Gasteiger partial charge in [0.2, 0.25) is 0 Å². The Balaban J connectivity index is 1.34. The van der Waals surface area contributed by atoms with Gasteiger partial charge >= 0.3 is 0 Å². The molecule has 0 unspecified atom stereocenters. The van der Waals surface area contributed by atoms with E-state index in [-0.39, 0.29) is 0 Å². The first-order chi connectivity index (χ1) is 14.3. The Labute approximate surface area is 172 Å². The van der Waals surface area contributed by atoms with E-state index in [0.29, 0.717) is 12.5 Å². The number of pyridine rings is 2. The van der Waals surface area contributed by atoms with Crippen LogP contribution in [0.3, 0.4) is 0 Å². The minimum atomic E-state index is 0.684. The second kappa shape index (κ2) is 9.94. The highest BCUT2D eigenvalue weighted by Crippen LogP contribution is 2.23. The van der Waals surface area contributed by atoms with Gasteiger partial charge in [0.1, 0.15) is 11.3 Å². The van der Waals surface area contributed by atoms with Gasteiger partial charge in [0.05, 0.1) is 6.61 Å². The summed E-state index contributed by atoms with van der Waals surface area (Å²) in [5, 5.41) is 0. The van der Waals surface area contributed by atoms with Crippen molar-refractivity contribution in [1.82, 2.24) is 24.4 Å². The molecule has 0 spiro atoms. The highest BCUT2D eigenvalue weighted by Gasteiger charge is 2.22. The quantitative estimate of drug-likeness (QED) is 0.522. The standard InChI is InChI=1S/C23H31N5O/c1-2-29-17-16-28-22(26-21-7-5-12-25-23(21)28)18-19-8-13-27(14-9-19)15-10-20-6-3-4-11-24-20/h3-7,11-12,19H,2,8-10,13-18H2,1H3. The summed E-state index contributed by atoms with van der Waals surface area (Å²) in [6.45, 7) is 7.72. The third-order valence-corrected chi connectivity index (χ3v) is 5.83. The number of imidazole rings is 1. The summed E-state index contributed by atoms with van der Waals surface area (Å²) in [7, 11) is 0. The number of ether oxygens (including phenoxy) is 1. The molecule has 1 aliphatic rings. The van der Waals surface area contributed by atoms with Gasteiger partial charge in [0, 0.05) is 50.6 Å². The molecule has 0 N–H and O–H groups in total. The van der Waals surface area contributed by atoms with Gasteiger partial charge in [-0.05, 0) is 63.0 Å². The van der Waals surface area contributed by atoms with Crippen molar-refractivity contribution < 1.29 is 4.74 Å². The van der Waals surface area contributed by atoms with E-state index in [0.717, 1.165) is 62.6 Å². The Morgan fingerprint density at radius 3 is 2.69 bits per heavy atom. The van der Waals surface area contributed by atoms with Crippen LogP contribution in [0.4, 0.5) is 0 Å². The molecule has 6 nitrogen and oxygen atoms in total. The fraction of sp³-hybridized carbons (Fsp3) is 0.522. The van der Waals surface area contributed by atoms with Crippen LogP contribution in [0.2, 0.25) is 0 Å². The molecule has 0 bridgehead atoms. The largest absolute Gasteiger partial charge is 0.380 e. The summed E-state index contributed by atoms with van der Waals surface area (Å²) in [4.78, 5) is 16.5. The molecular formula is C23H31N5O. The van der Waals surface area contributed by atoms with Crippen LogP contribution in [-0.2, 0) is 24.1 Å². The summed E-state index contributed by atoms with van der Waals surface area (Å²) in [5.41, 5.74) is 3.16. The zero-order valence-electron chi connectivity index (χ0n) is 17.3. The highest BCUT2D eigenvalue weighted by atomic mass is 16.5. The summed E-state index contributed by atoms with van der Waals surface area (Å²) >= 11 is 0. The number of piperidine rings is 1. The van der Waals surface area contributed by atoms with Crippen LogP contribution >= 0.6 is 0 Å².